The van der Waals surface area contributed by atoms with Crippen LogP contribution in [-0.4, -0.2) is 33.1 Å². The number of rotatable bonds is 0. The zero-order chi connectivity index (χ0) is 23.5. The molecule has 9 atom stereocenters. The maximum atomic E-state index is 11.8. The summed E-state index contributed by atoms with van der Waals surface area (Å²) in [6, 6.07) is 0. The monoisotopic (exact) mass is 442 g/mol. The van der Waals surface area contributed by atoms with E-state index < -0.39 is 17.8 Å². The lowest BCUT2D eigenvalue weighted by Gasteiger charge is -2.71. The van der Waals surface area contributed by atoms with Crippen LogP contribution in [0.25, 0.3) is 0 Å². The zero-order valence-corrected chi connectivity index (χ0v) is 21.4. The Morgan fingerprint density at radius 3 is 2.22 bits per heavy atom. The van der Waals surface area contributed by atoms with Crippen LogP contribution < -0.4 is 0 Å². The topological polar surface area (TPSA) is 60.7 Å². The van der Waals surface area contributed by atoms with Crippen LogP contribution in [0.5, 0.6) is 0 Å². The third-order valence-corrected chi connectivity index (χ3v) is 12.0. The van der Waals surface area contributed by atoms with E-state index in [-0.39, 0.29) is 38.9 Å². The normalized spacial score (nSPS) is 55.7. The van der Waals surface area contributed by atoms with E-state index in [1.54, 1.807) is 0 Å². The third-order valence-electron chi connectivity index (χ3n) is 12.0. The molecule has 0 spiro atoms. The Labute approximate surface area is 195 Å². The van der Waals surface area contributed by atoms with E-state index in [2.05, 4.69) is 60.6 Å². The Bertz CT molecular complexity index is 870. The summed E-state index contributed by atoms with van der Waals surface area (Å²) in [6.07, 6.45) is 12.2. The first-order valence-electron chi connectivity index (χ1n) is 13.1. The Balaban J connectivity index is 1.66. The lowest BCUT2D eigenvalue weighted by Crippen LogP contribution is -2.68. The van der Waals surface area contributed by atoms with Gasteiger partial charge in [0.2, 0.25) is 0 Å². The van der Waals surface area contributed by atoms with Gasteiger partial charge in [0.05, 0.1) is 17.8 Å². The molecule has 0 aliphatic heterocycles. The molecule has 5 aliphatic carbocycles. The van der Waals surface area contributed by atoms with E-state index in [1.807, 2.05) is 6.08 Å². The Morgan fingerprint density at radius 1 is 0.875 bits per heavy atom. The largest absolute Gasteiger partial charge is 0.389 e. The van der Waals surface area contributed by atoms with Gasteiger partial charge >= 0.3 is 0 Å². The van der Waals surface area contributed by atoms with Crippen molar-refractivity contribution in [2.45, 2.75) is 111 Å². The highest BCUT2D eigenvalue weighted by molar-refractivity contribution is 5.37. The van der Waals surface area contributed by atoms with E-state index in [4.69, 9.17) is 0 Å². The van der Waals surface area contributed by atoms with Crippen molar-refractivity contribution in [3.8, 4) is 0 Å². The molecule has 180 valence electrons. The van der Waals surface area contributed by atoms with Crippen molar-refractivity contribution in [1.29, 1.82) is 0 Å². The second kappa shape index (κ2) is 6.52. The third kappa shape index (κ3) is 2.71. The molecule has 0 heterocycles. The molecule has 3 nitrogen and oxygen atoms in total. The molecule has 3 N–H and O–H groups in total. The molecule has 5 rings (SSSR count). The minimum atomic E-state index is -0.625. The molecule has 3 fully saturated rings. The minimum Gasteiger partial charge on any atom is -0.389 e. The van der Waals surface area contributed by atoms with Crippen LogP contribution in [0.2, 0.25) is 0 Å². The van der Waals surface area contributed by atoms with E-state index in [1.165, 1.54) is 5.57 Å². The summed E-state index contributed by atoms with van der Waals surface area (Å²) in [5.74, 6) is 0.482. The first kappa shape index (κ1) is 23.1. The lowest BCUT2D eigenvalue weighted by molar-refractivity contribution is -0.221. The van der Waals surface area contributed by atoms with Crippen LogP contribution in [0.4, 0.5) is 0 Å². The van der Waals surface area contributed by atoms with Gasteiger partial charge in [-0.15, -0.1) is 0 Å². The fourth-order valence-electron chi connectivity index (χ4n) is 9.87. The van der Waals surface area contributed by atoms with Crippen LogP contribution in [0.3, 0.4) is 0 Å². The van der Waals surface area contributed by atoms with Crippen LogP contribution in [0.15, 0.2) is 23.8 Å². The summed E-state index contributed by atoms with van der Waals surface area (Å²) >= 11 is 0. The van der Waals surface area contributed by atoms with Gasteiger partial charge in [0.1, 0.15) is 0 Å². The van der Waals surface area contributed by atoms with Crippen molar-refractivity contribution in [1.82, 2.24) is 0 Å². The van der Waals surface area contributed by atoms with Gasteiger partial charge in [-0.2, -0.15) is 0 Å². The van der Waals surface area contributed by atoms with Crippen molar-refractivity contribution in [3.05, 3.63) is 23.8 Å². The molecule has 5 unspecified atom stereocenters. The smallest absolute Gasteiger partial charge is 0.0781 e. The number of hydrogen-bond donors (Lipinski definition) is 3. The summed E-state index contributed by atoms with van der Waals surface area (Å²) in [5, 5.41) is 34.9. The molecule has 32 heavy (non-hydrogen) atoms. The van der Waals surface area contributed by atoms with E-state index >= 15 is 0 Å². The fraction of sp³-hybridized carbons (Fsp3) is 0.862. The maximum Gasteiger partial charge on any atom is 0.0781 e. The molecule has 0 aromatic rings. The highest BCUT2D eigenvalue weighted by Crippen LogP contribution is 2.74. The highest BCUT2D eigenvalue weighted by Gasteiger charge is 2.70. The standard InChI is InChI=1S/C29H46O3/c1-24(2)12-14-29(32)15-13-26(5)18(19(29)17-24)16-20(30)23-27(26,6)11-8-21-25(3,4)10-9-22(31)28(21,23)7/h9-10,16,19-23,30-32H,8,11-15,17H2,1-7H3/t19?,20?,21?,22?,23?,26-,27-,28-,29+/m1/s1. The molecule has 3 heteroatoms. The van der Waals surface area contributed by atoms with Crippen molar-refractivity contribution in [3.63, 3.8) is 0 Å². The highest BCUT2D eigenvalue weighted by atomic mass is 16.3. The zero-order valence-electron chi connectivity index (χ0n) is 21.4. The molecule has 0 aromatic carbocycles. The summed E-state index contributed by atoms with van der Waals surface area (Å²) in [6.45, 7) is 16.4. The van der Waals surface area contributed by atoms with Crippen LogP contribution in [0, 0.1) is 44.8 Å². The quantitative estimate of drug-likeness (QED) is 0.425. The summed E-state index contributed by atoms with van der Waals surface area (Å²) in [7, 11) is 0. The second-order valence-electron chi connectivity index (χ2n) is 14.4. The molecule has 0 amide bonds. The van der Waals surface area contributed by atoms with Gasteiger partial charge in [0, 0.05) is 17.3 Å². The predicted octanol–water partition coefficient (Wildman–Crippen LogP) is 5.64. The molecule has 0 bridgehead atoms. The fourth-order valence-corrected chi connectivity index (χ4v) is 9.87. The van der Waals surface area contributed by atoms with Crippen molar-refractivity contribution in [2.75, 3.05) is 0 Å². The Kier molecular flexibility index (Phi) is 4.71. The van der Waals surface area contributed by atoms with Gasteiger partial charge in [-0.25, -0.2) is 0 Å². The first-order valence-corrected chi connectivity index (χ1v) is 13.1. The molecular weight excluding hydrogens is 396 g/mol. The average molecular weight is 443 g/mol. The van der Waals surface area contributed by atoms with Crippen LogP contribution in [0.1, 0.15) is 93.4 Å². The van der Waals surface area contributed by atoms with E-state index in [0.717, 1.165) is 44.9 Å². The van der Waals surface area contributed by atoms with Crippen LogP contribution in [-0.2, 0) is 0 Å². The molecule has 0 aromatic heterocycles. The maximum absolute atomic E-state index is 11.8. The van der Waals surface area contributed by atoms with Crippen molar-refractivity contribution in [2.24, 2.45) is 44.8 Å². The minimum absolute atomic E-state index is 0.00418. The van der Waals surface area contributed by atoms with E-state index in [9.17, 15) is 15.3 Å². The Hall–Kier alpha value is -0.640. The second-order valence-corrected chi connectivity index (χ2v) is 14.4. The van der Waals surface area contributed by atoms with Gasteiger partial charge < -0.3 is 15.3 Å². The molecule has 3 saturated carbocycles. The lowest BCUT2D eigenvalue weighted by atomic mass is 9.34. The van der Waals surface area contributed by atoms with Gasteiger partial charge in [-0.1, -0.05) is 72.3 Å². The summed E-state index contributed by atoms with van der Waals surface area (Å²) < 4.78 is 0. The number of aliphatic hydroxyl groups excluding tert-OH is 2. The van der Waals surface area contributed by atoms with Crippen LogP contribution >= 0.6 is 0 Å². The van der Waals surface area contributed by atoms with Crippen molar-refractivity contribution >= 4 is 0 Å². The molecule has 0 radical (unpaired) electrons. The number of allylic oxidation sites excluding steroid dienone is 1. The Morgan fingerprint density at radius 2 is 1.53 bits per heavy atom. The SMILES string of the molecule is CC1(C)CC[C@]2(O)CC[C@]3(C)C(=CC(O)C4[C@@]5(C)C(O)C=CC(C)(C)C5CC[C@]43C)C2C1. The number of fused-ring (bicyclic) bond motifs is 7. The van der Waals surface area contributed by atoms with Gasteiger partial charge in [-0.3, -0.25) is 0 Å². The van der Waals surface area contributed by atoms with E-state index in [0.29, 0.717) is 5.92 Å². The first-order chi connectivity index (χ1) is 14.6. The summed E-state index contributed by atoms with van der Waals surface area (Å²) in [4.78, 5) is 0. The van der Waals surface area contributed by atoms with Gasteiger partial charge in [0.15, 0.2) is 0 Å². The number of hydrogen-bond acceptors (Lipinski definition) is 3. The average Bonchev–Trinajstić information content (AvgIpc) is 2.68. The van der Waals surface area contributed by atoms with Gasteiger partial charge in [0.25, 0.3) is 0 Å². The summed E-state index contributed by atoms with van der Waals surface area (Å²) in [5.41, 5.74) is 0.409. The van der Waals surface area contributed by atoms with Gasteiger partial charge in [-0.05, 0) is 72.5 Å². The van der Waals surface area contributed by atoms with Crippen molar-refractivity contribution < 1.29 is 15.3 Å². The molecule has 0 saturated heterocycles. The molecule has 5 aliphatic rings. The number of aliphatic hydroxyl groups is 3. The predicted molar refractivity (Wildman–Crippen MR) is 129 cm³/mol. The molecular formula is C29H46O3.